The maximum absolute atomic E-state index is 13.6. The van der Waals surface area contributed by atoms with Gasteiger partial charge >= 0.3 is 6.18 Å². The molecule has 2 aliphatic rings. The molecule has 2 heterocycles. The van der Waals surface area contributed by atoms with E-state index in [0.29, 0.717) is 42.9 Å². The minimum atomic E-state index is -4.41. The van der Waals surface area contributed by atoms with E-state index >= 15 is 0 Å². The Hall–Kier alpha value is -3.35. The molecule has 1 spiro atoms. The molecule has 2 aliphatic heterocycles. The average molecular weight is 499 g/mol. The van der Waals surface area contributed by atoms with Crippen molar-refractivity contribution >= 4 is 15.7 Å². The maximum atomic E-state index is 13.6. The van der Waals surface area contributed by atoms with Crippen molar-refractivity contribution in [1.82, 2.24) is 0 Å². The third-order valence-corrected chi connectivity index (χ3v) is 8.62. The lowest BCUT2D eigenvalue weighted by molar-refractivity contribution is -0.137. The Morgan fingerprint density at radius 2 is 1.54 bits per heavy atom. The standard InChI is InChI=1S/C26H21F3N2O3S/c27-26(28,29)21-6-3-19(4-7-21)20-5-10-24-23(15-20)25(11-13-34-14-12-25)17-31(24)35(32,33)22-8-1-18(16-30)2-9-22/h1-10,15H,11-14,17H2. The fourth-order valence-electron chi connectivity index (χ4n) is 4.89. The second-order valence-electron chi connectivity index (χ2n) is 8.85. The van der Waals surface area contributed by atoms with Crippen molar-refractivity contribution in [2.75, 3.05) is 24.1 Å². The summed E-state index contributed by atoms with van der Waals surface area (Å²) < 4.78 is 73.2. The van der Waals surface area contributed by atoms with Gasteiger partial charge in [0, 0.05) is 25.2 Å². The molecule has 5 rings (SSSR count). The Balaban J connectivity index is 1.58. The van der Waals surface area contributed by atoms with Crippen LogP contribution < -0.4 is 4.31 Å². The number of hydrogen-bond acceptors (Lipinski definition) is 4. The van der Waals surface area contributed by atoms with Crippen LogP contribution in [-0.2, 0) is 26.4 Å². The molecule has 0 aromatic heterocycles. The third-order valence-electron chi connectivity index (χ3n) is 6.85. The molecule has 0 atom stereocenters. The molecule has 0 N–H and O–H groups in total. The molecular formula is C26H21F3N2O3S. The van der Waals surface area contributed by atoms with Crippen LogP contribution in [0.25, 0.3) is 11.1 Å². The van der Waals surface area contributed by atoms with Gasteiger partial charge in [-0.05, 0) is 78.1 Å². The van der Waals surface area contributed by atoms with Gasteiger partial charge < -0.3 is 4.74 Å². The fraction of sp³-hybridized carbons (Fsp3) is 0.269. The lowest BCUT2D eigenvalue weighted by Crippen LogP contribution is -2.40. The topological polar surface area (TPSA) is 70.4 Å². The van der Waals surface area contributed by atoms with Gasteiger partial charge in [0.05, 0.1) is 27.8 Å². The Bertz CT molecular complexity index is 1400. The number of nitriles is 1. The van der Waals surface area contributed by atoms with E-state index in [4.69, 9.17) is 10.00 Å². The zero-order valence-corrected chi connectivity index (χ0v) is 19.4. The van der Waals surface area contributed by atoms with Gasteiger partial charge in [-0.2, -0.15) is 18.4 Å². The molecule has 0 bridgehead atoms. The highest BCUT2D eigenvalue weighted by molar-refractivity contribution is 7.92. The van der Waals surface area contributed by atoms with E-state index in [0.717, 1.165) is 23.3 Å². The van der Waals surface area contributed by atoms with Gasteiger partial charge in [-0.25, -0.2) is 8.42 Å². The summed E-state index contributed by atoms with van der Waals surface area (Å²) in [5, 5.41) is 9.04. The van der Waals surface area contributed by atoms with Crippen LogP contribution in [0.15, 0.2) is 71.6 Å². The molecule has 9 heteroatoms. The van der Waals surface area contributed by atoms with Crippen molar-refractivity contribution in [2.45, 2.75) is 29.3 Å². The molecule has 1 saturated heterocycles. The smallest absolute Gasteiger partial charge is 0.381 e. The monoisotopic (exact) mass is 498 g/mol. The summed E-state index contributed by atoms with van der Waals surface area (Å²) in [6.07, 6.45) is -3.14. The van der Waals surface area contributed by atoms with E-state index in [1.165, 1.54) is 40.7 Å². The third kappa shape index (κ3) is 4.07. The highest BCUT2D eigenvalue weighted by atomic mass is 32.2. The van der Waals surface area contributed by atoms with Crippen molar-refractivity contribution < 1.29 is 26.3 Å². The summed E-state index contributed by atoms with van der Waals surface area (Å²) in [5.74, 6) is 0. The maximum Gasteiger partial charge on any atom is 0.416 e. The molecule has 0 aliphatic carbocycles. The second-order valence-corrected chi connectivity index (χ2v) is 10.7. The summed E-state index contributed by atoms with van der Waals surface area (Å²) in [4.78, 5) is 0.0957. The van der Waals surface area contributed by atoms with Crippen LogP contribution in [0.1, 0.15) is 29.5 Å². The van der Waals surface area contributed by atoms with Crippen LogP contribution in [0.2, 0.25) is 0 Å². The van der Waals surface area contributed by atoms with Gasteiger partial charge in [0.25, 0.3) is 10.0 Å². The first-order valence-electron chi connectivity index (χ1n) is 11.1. The van der Waals surface area contributed by atoms with Crippen molar-refractivity contribution in [3.8, 4) is 17.2 Å². The summed E-state index contributed by atoms with van der Waals surface area (Å²) in [7, 11) is -3.89. The van der Waals surface area contributed by atoms with Gasteiger partial charge in [0.2, 0.25) is 0 Å². The first kappa shape index (κ1) is 23.4. The molecule has 0 amide bonds. The predicted octanol–water partition coefficient (Wildman–Crippen LogP) is 5.50. The summed E-state index contributed by atoms with van der Waals surface area (Å²) in [6.45, 7) is 1.24. The molecule has 0 saturated carbocycles. The van der Waals surface area contributed by atoms with Crippen LogP contribution in [0, 0.1) is 11.3 Å². The van der Waals surface area contributed by atoms with Crippen molar-refractivity contribution in [1.29, 1.82) is 5.26 Å². The van der Waals surface area contributed by atoms with Gasteiger partial charge in [0.15, 0.2) is 0 Å². The molecule has 3 aromatic rings. The number of fused-ring (bicyclic) bond motifs is 2. The van der Waals surface area contributed by atoms with E-state index < -0.39 is 27.2 Å². The molecule has 1 fully saturated rings. The summed E-state index contributed by atoms with van der Waals surface area (Å²) in [5.41, 5.74) is 1.96. The lowest BCUT2D eigenvalue weighted by atomic mass is 9.75. The number of benzene rings is 3. The number of nitrogens with zero attached hydrogens (tertiary/aromatic N) is 2. The average Bonchev–Trinajstić information content (AvgIpc) is 3.18. The van der Waals surface area contributed by atoms with Crippen LogP contribution in [0.3, 0.4) is 0 Å². The van der Waals surface area contributed by atoms with Gasteiger partial charge in [-0.15, -0.1) is 0 Å². The van der Waals surface area contributed by atoms with Crippen LogP contribution >= 0.6 is 0 Å². The lowest BCUT2D eigenvalue weighted by Gasteiger charge is -2.34. The predicted molar refractivity (Wildman–Crippen MR) is 124 cm³/mol. The van der Waals surface area contributed by atoms with E-state index in [1.807, 2.05) is 12.1 Å². The van der Waals surface area contributed by atoms with E-state index in [1.54, 1.807) is 12.1 Å². The Morgan fingerprint density at radius 1 is 0.914 bits per heavy atom. The van der Waals surface area contributed by atoms with Crippen LogP contribution in [-0.4, -0.2) is 28.2 Å². The number of hydrogen-bond donors (Lipinski definition) is 0. The Kier molecular flexibility index (Phi) is 5.61. The molecular weight excluding hydrogens is 477 g/mol. The fourth-order valence-corrected chi connectivity index (χ4v) is 6.46. The van der Waals surface area contributed by atoms with Crippen molar-refractivity contribution in [2.24, 2.45) is 0 Å². The zero-order valence-electron chi connectivity index (χ0n) is 18.5. The van der Waals surface area contributed by atoms with Gasteiger partial charge in [0.1, 0.15) is 0 Å². The van der Waals surface area contributed by atoms with Crippen molar-refractivity contribution in [3.05, 3.63) is 83.4 Å². The first-order valence-corrected chi connectivity index (χ1v) is 12.5. The largest absolute Gasteiger partial charge is 0.416 e. The molecule has 0 unspecified atom stereocenters. The Morgan fingerprint density at radius 3 is 2.14 bits per heavy atom. The molecule has 35 heavy (non-hydrogen) atoms. The Labute approximate surface area is 201 Å². The number of sulfonamides is 1. The summed E-state index contributed by atoms with van der Waals surface area (Å²) >= 11 is 0. The summed E-state index contributed by atoms with van der Waals surface area (Å²) in [6, 6.07) is 18.1. The second kappa shape index (κ2) is 8.40. The zero-order chi connectivity index (χ0) is 24.8. The quantitative estimate of drug-likeness (QED) is 0.478. The minimum Gasteiger partial charge on any atom is -0.381 e. The number of alkyl halides is 3. The van der Waals surface area contributed by atoms with Gasteiger partial charge in [-0.3, -0.25) is 4.31 Å². The van der Waals surface area contributed by atoms with E-state index in [9.17, 15) is 21.6 Å². The molecule has 0 radical (unpaired) electrons. The highest BCUT2D eigenvalue weighted by Crippen LogP contribution is 2.49. The molecule has 3 aromatic carbocycles. The molecule has 180 valence electrons. The minimum absolute atomic E-state index is 0.0957. The normalized spacial score (nSPS) is 17.3. The highest BCUT2D eigenvalue weighted by Gasteiger charge is 2.47. The number of anilines is 1. The number of halogens is 3. The van der Waals surface area contributed by atoms with Crippen LogP contribution in [0.5, 0.6) is 0 Å². The van der Waals surface area contributed by atoms with Crippen LogP contribution in [0.4, 0.5) is 18.9 Å². The first-order chi connectivity index (χ1) is 16.6. The van der Waals surface area contributed by atoms with Gasteiger partial charge in [-0.1, -0.05) is 18.2 Å². The molecule has 5 nitrogen and oxygen atoms in total. The number of ether oxygens (including phenoxy) is 1. The van der Waals surface area contributed by atoms with E-state index in [-0.39, 0.29) is 11.4 Å². The van der Waals surface area contributed by atoms with Crippen molar-refractivity contribution in [3.63, 3.8) is 0 Å². The van der Waals surface area contributed by atoms with E-state index in [2.05, 4.69) is 0 Å². The SMILES string of the molecule is N#Cc1ccc(S(=O)(=O)N2CC3(CCOCC3)c3cc(-c4ccc(C(F)(F)F)cc4)ccc32)cc1. The number of rotatable bonds is 3.